The van der Waals surface area contributed by atoms with Gasteiger partial charge >= 0.3 is 0 Å². The Labute approximate surface area is 198 Å². The van der Waals surface area contributed by atoms with E-state index < -0.39 is 17.6 Å². The van der Waals surface area contributed by atoms with Crippen molar-refractivity contribution in [2.45, 2.75) is 39.5 Å². The number of nitrogens with one attached hydrogen (secondary N) is 1. The third-order valence-electron chi connectivity index (χ3n) is 5.04. The maximum Gasteiger partial charge on any atom is 0.257 e. The minimum Gasteiger partial charge on any atom is -0.329 e. The molecule has 33 heavy (non-hydrogen) atoms. The Morgan fingerprint density at radius 1 is 1.12 bits per heavy atom. The number of aromatic nitrogens is 2. The van der Waals surface area contributed by atoms with Crippen LogP contribution in [0.4, 0.5) is 10.2 Å². The fraction of sp³-hybridized carbons (Fsp3) is 0.320. The van der Waals surface area contributed by atoms with Crippen LogP contribution in [0.3, 0.4) is 0 Å². The standard InChI is InChI=1S/C25H28ClFN4O2/c1-5-14-30(24(33)19-8-6-7-9-20(19)27)16-23(32)28-22-15-21(25(2,3)4)29-31(22)18-12-10-17(26)11-13-18/h6-13,15H,5,14,16H2,1-4H3,(H,28,32). The van der Waals surface area contributed by atoms with Crippen LogP contribution in [0.1, 0.15) is 50.2 Å². The number of halogens is 2. The van der Waals surface area contributed by atoms with Crippen molar-refractivity contribution in [3.63, 3.8) is 0 Å². The van der Waals surface area contributed by atoms with Gasteiger partial charge in [0.15, 0.2) is 0 Å². The number of carbonyl (C=O) groups excluding carboxylic acids is 2. The molecule has 3 rings (SSSR count). The lowest BCUT2D eigenvalue weighted by molar-refractivity contribution is -0.116. The van der Waals surface area contributed by atoms with Gasteiger partial charge in [0, 0.05) is 23.0 Å². The number of rotatable bonds is 7. The van der Waals surface area contributed by atoms with Crippen LogP contribution in [0, 0.1) is 5.82 Å². The van der Waals surface area contributed by atoms with E-state index in [9.17, 15) is 14.0 Å². The number of hydrogen-bond acceptors (Lipinski definition) is 3. The zero-order valence-electron chi connectivity index (χ0n) is 19.2. The van der Waals surface area contributed by atoms with Crippen LogP contribution in [0.15, 0.2) is 54.6 Å². The highest BCUT2D eigenvalue weighted by Gasteiger charge is 2.24. The van der Waals surface area contributed by atoms with Crippen molar-refractivity contribution >= 4 is 29.2 Å². The van der Waals surface area contributed by atoms with Crippen LogP contribution >= 0.6 is 11.6 Å². The molecule has 2 aromatic carbocycles. The molecule has 1 aromatic heterocycles. The summed E-state index contributed by atoms with van der Waals surface area (Å²) in [5, 5.41) is 8.13. The highest BCUT2D eigenvalue weighted by Crippen LogP contribution is 2.27. The van der Waals surface area contributed by atoms with E-state index in [0.29, 0.717) is 23.8 Å². The van der Waals surface area contributed by atoms with Gasteiger partial charge in [-0.15, -0.1) is 0 Å². The minimum absolute atomic E-state index is 0.0556. The smallest absolute Gasteiger partial charge is 0.257 e. The Kier molecular flexibility index (Phi) is 7.53. The van der Waals surface area contributed by atoms with Crippen molar-refractivity contribution in [2.24, 2.45) is 0 Å². The van der Waals surface area contributed by atoms with E-state index in [4.69, 9.17) is 11.6 Å². The molecule has 1 heterocycles. The van der Waals surface area contributed by atoms with Crippen LogP contribution in [0.5, 0.6) is 0 Å². The molecule has 0 fully saturated rings. The van der Waals surface area contributed by atoms with Crippen LogP contribution in [0.25, 0.3) is 5.69 Å². The third kappa shape index (κ3) is 5.99. The molecule has 0 aliphatic carbocycles. The summed E-state index contributed by atoms with van der Waals surface area (Å²) in [6.07, 6.45) is 0.629. The molecular formula is C25H28ClFN4O2. The van der Waals surface area contributed by atoms with E-state index in [1.165, 1.54) is 23.1 Å². The topological polar surface area (TPSA) is 67.2 Å². The van der Waals surface area contributed by atoms with Gasteiger partial charge in [-0.2, -0.15) is 5.10 Å². The number of anilines is 1. The number of amides is 2. The van der Waals surface area contributed by atoms with E-state index in [1.807, 2.05) is 45.9 Å². The van der Waals surface area contributed by atoms with Gasteiger partial charge in [0.05, 0.1) is 16.9 Å². The largest absolute Gasteiger partial charge is 0.329 e. The lowest BCUT2D eigenvalue weighted by Crippen LogP contribution is -2.39. The summed E-state index contributed by atoms with van der Waals surface area (Å²) in [5.41, 5.74) is 1.23. The molecule has 8 heteroatoms. The Balaban J connectivity index is 1.86. The first kappa shape index (κ1) is 24.5. The molecule has 0 radical (unpaired) electrons. The monoisotopic (exact) mass is 470 g/mol. The lowest BCUT2D eigenvalue weighted by atomic mass is 9.92. The molecule has 3 aromatic rings. The van der Waals surface area contributed by atoms with Crippen molar-refractivity contribution < 1.29 is 14.0 Å². The van der Waals surface area contributed by atoms with Gasteiger partial charge < -0.3 is 10.2 Å². The average molecular weight is 471 g/mol. The van der Waals surface area contributed by atoms with Crippen LogP contribution in [-0.2, 0) is 10.2 Å². The first-order valence-corrected chi connectivity index (χ1v) is 11.2. The maximum atomic E-state index is 14.1. The van der Waals surface area contributed by atoms with Gasteiger partial charge in [0.1, 0.15) is 18.2 Å². The van der Waals surface area contributed by atoms with Gasteiger partial charge in [-0.05, 0) is 42.8 Å². The van der Waals surface area contributed by atoms with Gasteiger partial charge in [-0.25, -0.2) is 9.07 Å². The van der Waals surface area contributed by atoms with Crippen molar-refractivity contribution in [1.29, 1.82) is 0 Å². The molecule has 2 amide bonds. The minimum atomic E-state index is -0.611. The molecule has 6 nitrogen and oxygen atoms in total. The molecule has 0 bridgehead atoms. The molecule has 0 saturated heterocycles. The van der Waals surface area contributed by atoms with Crippen LogP contribution in [-0.4, -0.2) is 39.6 Å². The quantitative estimate of drug-likeness (QED) is 0.499. The summed E-state index contributed by atoms with van der Waals surface area (Å²) < 4.78 is 15.8. The molecule has 0 saturated carbocycles. The summed E-state index contributed by atoms with van der Waals surface area (Å²) in [7, 11) is 0. The molecule has 174 valence electrons. The lowest BCUT2D eigenvalue weighted by Gasteiger charge is -2.22. The maximum absolute atomic E-state index is 14.1. The zero-order chi connectivity index (χ0) is 24.2. The molecular weight excluding hydrogens is 443 g/mol. The number of carbonyl (C=O) groups is 2. The summed E-state index contributed by atoms with van der Waals surface area (Å²) in [4.78, 5) is 27.2. The first-order valence-electron chi connectivity index (χ1n) is 10.8. The fourth-order valence-corrected chi connectivity index (χ4v) is 3.42. The van der Waals surface area contributed by atoms with E-state index in [0.717, 1.165) is 11.4 Å². The molecule has 0 unspecified atom stereocenters. The van der Waals surface area contributed by atoms with E-state index in [1.54, 1.807) is 22.9 Å². The van der Waals surface area contributed by atoms with E-state index >= 15 is 0 Å². The van der Waals surface area contributed by atoms with Crippen LogP contribution in [0.2, 0.25) is 5.02 Å². The average Bonchev–Trinajstić information content (AvgIpc) is 3.18. The normalized spacial score (nSPS) is 11.3. The number of nitrogens with zero attached hydrogens (tertiary/aromatic N) is 3. The van der Waals surface area contributed by atoms with Gasteiger partial charge in [0.2, 0.25) is 5.91 Å². The van der Waals surface area contributed by atoms with E-state index in [-0.39, 0.29) is 17.5 Å². The molecule has 0 aliphatic rings. The van der Waals surface area contributed by atoms with Gasteiger partial charge in [-0.3, -0.25) is 9.59 Å². The predicted molar refractivity (Wildman–Crippen MR) is 128 cm³/mol. The Morgan fingerprint density at radius 3 is 2.39 bits per heavy atom. The third-order valence-corrected chi connectivity index (χ3v) is 5.29. The SMILES string of the molecule is CCCN(CC(=O)Nc1cc(C(C)(C)C)nn1-c1ccc(Cl)cc1)C(=O)c1ccccc1F. The molecule has 0 atom stereocenters. The summed E-state index contributed by atoms with van der Waals surface area (Å²) >= 11 is 6.02. The first-order chi connectivity index (χ1) is 15.6. The van der Waals surface area contributed by atoms with Crippen molar-refractivity contribution in [1.82, 2.24) is 14.7 Å². The molecule has 0 spiro atoms. The van der Waals surface area contributed by atoms with E-state index in [2.05, 4.69) is 10.4 Å². The Bertz CT molecular complexity index is 1140. The highest BCUT2D eigenvalue weighted by molar-refractivity contribution is 6.30. The second-order valence-corrected chi connectivity index (χ2v) is 9.24. The second-order valence-electron chi connectivity index (χ2n) is 8.81. The van der Waals surface area contributed by atoms with Crippen molar-refractivity contribution in [2.75, 3.05) is 18.4 Å². The number of benzene rings is 2. The van der Waals surface area contributed by atoms with Crippen LogP contribution < -0.4 is 5.32 Å². The molecule has 0 aliphatic heterocycles. The fourth-order valence-electron chi connectivity index (χ4n) is 3.30. The zero-order valence-corrected chi connectivity index (χ0v) is 20.0. The summed E-state index contributed by atoms with van der Waals surface area (Å²) in [6.45, 7) is 8.10. The van der Waals surface area contributed by atoms with Gasteiger partial charge in [-0.1, -0.05) is 51.4 Å². The Hall–Kier alpha value is -3.19. The van der Waals surface area contributed by atoms with Gasteiger partial charge in [0.25, 0.3) is 5.91 Å². The molecule has 1 N–H and O–H groups in total. The second kappa shape index (κ2) is 10.2. The number of hydrogen-bond donors (Lipinski definition) is 1. The van der Waals surface area contributed by atoms with Crippen molar-refractivity contribution in [3.05, 3.63) is 76.7 Å². The summed E-state index contributed by atoms with van der Waals surface area (Å²) in [5.74, 6) is -1.06. The van der Waals surface area contributed by atoms with Crippen molar-refractivity contribution in [3.8, 4) is 5.69 Å². The highest BCUT2D eigenvalue weighted by atomic mass is 35.5. The Morgan fingerprint density at radius 2 is 1.79 bits per heavy atom. The predicted octanol–water partition coefficient (Wildman–Crippen LogP) is 5.45. The summed E-state index contributed by atoms with van der Waals surface area (Å²) in [6, 6.07) is 14.7.